The van der Waals surface area contributed by atoms with Crippen molar-refractivity contribution in [1.29, 1.82) is 0 Å². The second-order valence-corrected chi connectivity index (χ2v) is 3.94. The van der Waals surface area contributed by atoms with E-state index in [2.05, 4.69) is 49.6 Å². The second-order valence-electron chi connectivity index (χ2n) is 3.94. The summed E-state index contributed by atoms with van der Waals surface area (Å²) in [5, 5.41) is 0. The quantitative estimate of drug-likeness (QED) is 0.421. The van der Waals surface area contributed by atoms with Gasteiger partial charge in [-0.3, -0.25) is 0 Å². The van der Waals surface area contributed by atoms with Crippen molar-refractivity contribution >= 4 is 0 Å². The predicted molar refractivity (Wildman–Crippen MR) is 82.4 cm³/mol. The van der Waals surface area contributed by atoms with Gasteiger partial charge in [-0.25, -0.2) is 0 Å². The molecule has 0 unspecified atom stereocenters. The molecule has 2 aliphatic rings. The van der Waals surface area contributed by atoms with Crippen molar-refractivity contribution in [3.05, 3.63) is 97.2 Å². The van der Waals surface area contributed by atoms with E-state index in [1.807, 2.05) is 36.5 Å². The standard InChI is InChI=1S/2C9H10.2ClH.2Pd/c2*1-2-6-9-7-4-3-5-8-9;;;;/h2*2-7H,1,8H2;2*1H;;/p-2. The molecule has 0 heterocycles. The molecule has 0 aromatic rings. The first-order valence-corrected chi connectivity index (χ1v) is 6.16. The van der Waals surface area contributed by atoms with Gasteiger partial charge in [-0.05, 0) is 24.0 Å². The van der Waals surface area contributed by atoms with Crippen LogP contribution < -0.4 is 24.8 Å². The minimum atomic E-state index is 0. The smallest absolute Gasteiger partial charge is 0 e. The van der Waals surface area contributed by atoms with Crippen LogP contribution in [0.5, 0.6) is 0 Å². The topological polar surface area (TPSA) is 0 Å². The van der Waals surface area contributed by atoms with E-state index in [1.165, 1.54) is 11.1 Å². The third-order valence-corrected chi connectivity index (χ3v) is 2.49. The van der Waals surface area contributed by atoms with Crippen molar-refractivity contribution < 1.29 is 65.7 Å². The van der Waals surface area contributed by atoms with Crippen molar-refractivity contribution in [2.45, 2.75) is 12.8 Å². The Labute approximate surface area is 174 Å². The molecular weight excluding hydrogens is 500 g/mol. The van der Waals surface area contributed by atoms with Gasteiger partial charge in [0.2, 0.25) is 0 Å². The molecule has 2 rings (SSSR count). The molecular formula is C18H20Cl2Pd2-2. The Bertz CT molecular complexity index is 423. The van der Waals surface area contributed by atoms with Gasteiger partial charge in [0.1, 0.15) is 0 Å². The van der Waals surface area contributed by atoms with Crippen LogP contribution in [-0.2, 0) is 40.8 Å². The molecule has 22 heavy (non-hydrogen) atoms. The molecule has 0 bridgehead atoms. The molecule has 0 aromatic heterocycles. The van der Waals surface area contributed by atoms with E-state index < -0.39 is 0 Å². The van der Waals surface area contributed by atoms with Gasteiger partial charge in [-0.2, -0.15) is 0 Å². The van der Waals surface area contributed by atoms with Gasteiger partial charge in [0, 0.05) is 40.8 Å². The number of hydrogen-bond acceptors (Lipinski definition) is 0. The summed E-state index contributed by atoms with van der Waals surface area (Å²) < 4.78 is 0. The maximum atomic E-state index is 3.62. The van der Waals surface area contributed by atoms with E-state index in [1.54, 1.807) is 0 Å². The first-order chi connectivity index (χ1) is 8.86. The summed E-state index contributed by atoms with van der Waals surface area (Å²) in [5.41, 5.74) is 2.65. The van der Waals surface area contributed by atoms with Crippen LogP contribution >= 0.6 is 0 Å². The van der Waals surface area contributed by atoms with Crippen molar-refractivity contribution in [2.75, 3.05) is 0 Å². The zero-order valence-corrected chi connectivity index (χ0v) is 16.8. The van der Waals surface area contributed by atoms with Crippen LogP contribution in [0.2, 0.25) is 0 Å². The molecule has 0 saturated heterocycles. The zero-order chi connectivity index (χ0) is 13.1. The molecule has 0 fully saturated rings. The summed E-state index contributed by atoms with van der Waals surface area (Å²) in [4.78, 5) is 0. The Hall–Kier alpha value is -0.175. The summed E-state index contributed by atoms with van der Waals surface area (Å²) in [6, 6.07) is 0. The van der Waals surface area contributed by atoms with Crippen LogP contribution in [0.1, 0.15) is 12.8 Å². The molecule has 128 valence electrons. The van der Waals surface area contributed by atoms with Crippen LogP contribution in [-0.4, -0.2) is 0 Å². The second kappa shape index (κ2) is 20.8. The fourth-order valence-electron chi connectivity index (χ4n) is 1.61. The van der Waals surface area contributed by atoms with Crippen molar-refractivity contribution in [3.8, 4) is 0 Å². The Morgan fingerprint density at radius 3 is 1.27 bits per heavy atom. The number of hydrogen-bond donors (Lipinski definition) is 0. The van der Waals surface area contributed by atoms with Crippen LogP contribution in [0.4, 0.5) is 0 Å². The van der Waals surface area contributed by atoms with Crippen LogP contribution in [0.15, 0.2) is 97.2 Å². The Morgan fingerprint density at radius 2 is 1.05 bits per heavy atom. The monoisotopic (exact) mass is 518 g/mol. The number of allylic oxidation sites excluding steroid dienone is 14. The summed E-state index contributed by atoms with van der Waals surface area (Å²) in [7, 11) is 0. The van der Waals surface area contributed by atoms with Crippen LogP contribution in [0.3, 0.4) is 0 Å². The summed E-state index contributed by atoms with van der Waals surface area (Å²) >= 11 is 0. The van der Waals surface area contributed by atoms with E-state index >= 15 is 0 Å². The minimum Gasteiger partial charge on any atom is -1.00 e. The Morgan fingerprint density at radius 1 is 0.682 bits per heavy atom. The maximum absolute atomic E-state index is 3.62. The third kappa shape index (κ3) is 14.7. The largest absolute Gasteiger partial charge is 1.00 e. The molecule has 0 spiro atoms. The first kappa shape index (κ1) is 29.8. The molecule has 2 aliphatic carbocycles. The van der Waals surface area contributed by atoms with E-state index in [-0.39, 0.29) is 65.7 Å². The van der Waals surface area contributed by atoms with E-state index in [9.17, 15) is 0 Å². The van der Waals surface area contributed by atoms with Gasteiger partial charge < -0.3 is 24.8 Å². The molecule has 0 aliphatic heterocycles. The van der Waals surface area contributed by atoms with Gasteiger partial charge in [0.15, 0.2) is 0 Å². The fraction of sp³-hybridized carbons (Fsp3) is 0.111. The average Bonchev–Trinajstić information content (AvgIpc) is 2.43. The molecule has 0 saturated carbocycles. The zero-order valence-electron chi connectivity index (χ0n) is 12.1. The van der Waals surface area contributed by atoms with Gasteiger partial charge in [0.25, 0.3) is 0 Å². The third-order valence-electron chi connectivity index (χ3n) is 2.49. The maximum Gasteiger partial charge on any atom is 0 e. The average molecular weight is 520 g/mol. The van der Waals surface area contributed by atoms with Gasteiger partial charge in [0.05, 0.1) is 0 Å². The SMILES string of the molecule is C=CC=C1C=CC=CC1.C=CC=C1C=CC=CC1.[Cl-].[Cl-].[Pd].[Pd]. The van der Waals surface area contributed by atoms with Crippen LogP contribution in [0.25, 0.3) is 0 Å². The van der Waals surface area contributed by atoms with E-state index in [0.717, 1.165) is 12.8 Å². The van der Waals surface area contributed by atoms with Crippen molar-refractivity contribution in [2.24, 2.45) is 0 Å². The van der Waals surface area contributed by atoms with Crippen molar-refractivity contribution in [1.82, 2.24) is 0 Å². The molecule has 0 amide bonds. The summed E-state index contributed by atoms with van der Waals surface area (Å²) in [5.74, 6) is 0. The van der Waals surface area contributed by atoms with Gasteiger partial charge in [-0.15, -0.1) is 0 Å². The molecule has 0 nitrogen and oxygen atoms in total. The van der Waals surface area contributed by atoms with Crippen molar-refractivity contribution in [3.63, 3.8) is 0 Å². The fourth-order valence-corrected chi connectivity index (χ4v) is 1.61. The molecule has 0 radical (unpaired) electrons. The Kier molecular flexibility index (Phi) is 28.2. The summed E-state index contributed by atoms with van der Waals surface area (Å²) in [6.45, 7) is 7.24. The van der Waals surface area contributed by atoms with Gasteiger partial charge >= 0.3 is 0 Å². The number of halogens is 2. The molecule has 0 N–H and O–H groups in total. The summed E-state index contributed by atoms with van der Waals surface area (Å²) in [6.07, 6.45) is 26.4. The molecule has 0 aromatic carbocycles. The minimum absolute atomic E-state index is 0. The Balaban J connectivity index is -0.000000125. The number of rotatable bonds is 2. The first-order valence-electron chi connectivity index (χ1n) is 6.16. The van der Waals surface area contributed by atoms with E-state index in [4.69, 9.17) is 0 Å². The van der Waals surface area contributed by atoms with Gasteiger partial charge in [-0.1, -0.05) is 86.1 Å². The predicted octanol–water partition coefficient (Wildman–Crippen LogP) is -0.767. The normalized spacial score (nSPS) is 16.9. The molecule has 0 atom stereocenters. The van der Waals surface area contributed by atoms with E-state index in [0.29, 0.717) is 0 Å². The molecule has 4 heteroatoms. The van der Waals surface area contributed by atoms with Crippen LogP contribution in [0, 0.1) is 0 Å².